The number of hydrogen-bond acceptors (Lipinski definition) is 4. The average Bonchev–Trinajstić information content (AvgIpc) is 2.64. The van der Waals surface area contributed by atoms with Crippen molar-refractivity contribution in [1.29, 1.82) is 0 Å². The zero-order valence-corrected chi connectivity index (χ0v) is 15.0. The van der Waals surface area contributed by atoms with E-state index >= 15 is 0 Å². The summed E-state index contributed by atoms with van der Waals surface area (Å²) >= 11 is 0. The van der Waals surface area contributed by atoms with E-state index in [-0.39, 0.29) is 31.1 Å². The number of aliphatic hydroxyl groups is 1. The molecule has 6 nitrogen and oxygen atoms in total. The molecule has 0 spiro atoms. The quantitative estimate of drug-likeness (QED) is 0.646. The molecule has 0 bridgehead atoms. The van der Waals surface area contributed by atoms with Crippen molar-refractivity contribution < 1.29 is 22.7 Å². The Morgan fingerprint density at radius 3 is 2.35 bits per heavy atom. The average molecular weight is 380 g/mol. The Labute approximate surface area is 152 Å². The topological polar surface area (TPSA) is 86.7 Å². The molecule has 0 saturated heterocycles. The maximum atomic E-state index is 13.1. The Morgan fingerprint density at radius 1 is 1.08 bits per heavy atom. The number of rotatable bonds is 9. The van der Waals surface area contributed by atoms with Crippen molar-refractivity contribution in [2.75, 3.05) is 19.7 Å². The fourth-order valence-corrected chi connectivity index (χ4v) is 3.69. The molecule has 26 heavy (non-hydrogen) atoms. The van der Waals surface area contributed by atoms with Crippen LogP contribution in [0.1, 0.15) is 12.0 Å². The summed E-state index contributed by atoms with van der Waals surface area (Å²) in [5.41, 5.74) is 0.564. The van der Waals surface area contributed by atoms with Gasteiger partial charge in [-0.2, -0.15) is 4.31 Å². The fraction of sp³-hybridized carbons (Fsp3) is 0.278. The summed E-state index contributed by atoms with van der Waals surface area (Å²) in [6.45, 7) is -0.252. The van der Waals surface area contributed by atoms with Gasteiger partial charge in [0.15, 0.2) is 0 Å². The van der Waals surface area contributed by atoms with Crippen LogP contribution in [0.5, 0.6) is 0 Å². The van der Waals surface area contributed by atoms with E-state index in [1.54, 1.807) is 18.2 Å². The molecule has 0 aliphatic carbocycles. The second-order valence-electron chi connectivity index (χ2n) is 5.64. The van der Waals surface area contributed by atoms with Gasteiger partial charge in [0, 0.05) is 19.7 Å². The molecular formula is C18H21FN2O4S. The van der Waals surface area contributed by atoms with E-state index in [0.29, 0.717) is 12.0 Å². The number of aliphatic hydroxyl groups excluding tert-OH is 1. The predicted molar refractivity (Wildman–Crippen MR) is 95.2 cm³/mol. The predicted octanol–water partition coefficient (Wildman–Crippen LogP) is 1.52. The number of nitrogens with one attached hydrogen (secondary N) is 1. The molecule has 2 aromatic carbocycles. The summed E-state index contributed by atoms with van der Waals surface area (Å²) in [6.07, 6.45) is 0.384. The zero-order chi connectivity index (χ0) is 19.0. The van der Waals surface area contributed by atoms with Crippen molar-refractivity contribution in [3.05, 3.63) is 66.0 Å². The van der Waals surface area contributed by atoms with Gasteiger partial charge in [0.05, 0.1) is 11.4 Å². The van der Waals surface area contributed by atoms with Gasteiger partial charge in [0.25, 0.3) is 0 Å². The van der Waals surface area contributed by atoms with Crippen molar-refractivity contribution in [1.82, 2.24) is 9.62 Å². The highest BCUT2D eigenvalue weighted by Gasteiger charge is 2.26. The first-order chi connectivity index (χ1) is 12.4. The number of halogens is 1. The Hall–Kier alpha value is -2.29. The summed E-state index contributed by atoms with van der Waals surface area (Å²) in [5, 5.41) is 11.3. The third kappa shape index (κ3) is 5.62. The lowest BCUT2D eigenvalue weighted by atomic mass is 10.2. The van der Waals surface area contributed by atoms with E-state index in [2.05, 4.69) is 5.32 Å². The van der Waals surface area contributed by atoms with E-state index in [0.717, 1.165) is 4.31 Å². The molecular weight excluding hydrogens is 359 g/mol. The van der Waals surface area contributed by atoms with Gasteiger partial charge in [-0.3, -0.25) is 4.79 Å². The van der Waals surface area contributed by atoms with Crippen LogP contribution in [0, 0.1) is 5.82 Å². The van der Waals surface area contributed by atoms with Crippen LogP contribution in [-0.2, 0) is 21.4 Å². The molecule has 140 valence electrons. The number of sulfonamides is 1. The normalized spacial score (nSPS) is 11.5. The highest BCUT2D eigenvalue weighted by atomic mass is 32.2. The van der Waals surface area contributed by atoms with Crippen LogP contribution >= 0.6 is 0 Å². The van der Waals surface area contributed by atoms with Crippen molar-refractivity contribution in [3.8, 4) is 0 Å². The molecule has 0 aliphatic heterocycles. The number of nitrogens with zero attached hydrogens (tertiary/aromatic N) is 1. The summed E-state index contributed by atoms with van der Waals surface area (Å²) in [7, 11) is -3.91. The number of carbonyl (C=O) groups excluding carboxylic acids is 1. The third-order valence-corrected chi connectivity index (χ3v) is 5.44. The molecule has 2 rings (SSSR count). The molecule has 0 unspecified atom stereocenters. The monoisotopic (exact) mass is 380 g/mol. The molecule has 0 aliphatic rings. The van der Waals surface area contributed by atoms with Gasteiger partial charge in [0.2, 0.25) is 15.9 Å². The Kier molecular flexibility index (Phi) is 7.26. The van der Waals surface area contributed by atoms with Gasteiger partial charge in [0.1, 0.15) is 5.82 Å². The van der Waals surface area contributed by atoms with Gasteiger partial charge in [-0.05, 0) is 36.2 Å². The van der Waals surface area contributed by atoms with Crippen LogP contribution in [-0.4, -0.2) is 43.4 Å². The molecule has 0 heterocycles. The standard InChI is InChI=1S/C18H21FN2O4S/c19-16-9-7-15(8-10-16)13-21(14-18(23)20-11-4-12-22)26(24,25)17-5-2-1-3-6-17/h1-3,5-10,22H,4,11-14H2,(H,20,23). The molecule has 0 aromatic heterocycles. The Morgan fingerprint density at radius 2 is 1.73 bits per heavy atom. The minimum Gasteiger partial charge on any atom is -0.396 e. The summed E-state index contributed by atoms with van der Waals surface area (Å²) in [6, 6.07) is 13.2. The molecule has 8 heteroatoms. The minimum atomic E-state index is -3.91. The maximum absolute atomic E-state index is 13.1. The van der Waals surface area contributed by atoms with Gasteiger partial charge in [-0.25, -0.2) is 12.8 Å². The van der Waals surface area contributed by atoms with Crippen LogP contribution in [0.25, 0.3) is 0 Å². The van der Waals surface area contributed by atoms with Crippen LogP contribution in [0.15, 0.2) is 59.5 Å². The molecule has 0 atom stereocenters. The lowest BCUT2D eigenvalue weighted by Crippen LogP contribution is -2.40. The number of carbonyl (C=O) groups is 1. The molecule has 0 radical (unpaired) electrons. The van der Waals surface area contributed by atoms with Crippen molar-refractivity contribution in [2.45, 2.75) is 17.9 Å². The molecule has 2 aromatic rings. The molecule has 0 fully saturated rings. The lowest BCUT2D eigenvalue weighted by molar-refractivity contribution is -0.121. The van der Waals surface area contributed by atoms with E-state index < -0.39 is 21.7 Å². The van der Waals surface area contributed by atoms with Gasteiger partial charge < -0.3 is 10.4 Å². The van der Waals surface area contributed by atoms with Crippen LogP contribution < -0.4 is 5.32 Å². The van der Waals surface area contributed by atoms with Crippen LogP contribution in [0.2, 0.25) is 0 Å². The first-order valence-corrected chi connectivity index (χ1v) is 9.54. The molecule has 2 N–H and O–H groups in total. The lowest BCUT2D eigenvalue weighted by Gasteiger charge is -2.22. The number of amides is 1. The first kappa shape index (κ1) is 20.0. The van der Waals surface area contributed by atoms with Crippen LogP contribution in [0.4, 0.5) is 4.39 Å². The Balaban J connectivity index is 2.23. The maximum Gasteiger partial charge on any atom is 0.243 e. The smallest absolute Gasteiger partial charge is 0.243 e. The SMILES string of the molecule is O=C(CN(Cc1ccc(F)cc1)S(=O)(=O)c1ccccc1)NCCCO. The summed E-state index contributed by atoms with van der Waals surface area (Å²) < 4.78 is 39.9. The third-order valence-electron chi connectivity index (χ3n) is 3.63. The molecule has 1 amide bonds. The molecule has 0 saturated carbocycles. The second kappa shape index (κ2) is 9.42. The van der Waals surface area contributed by atoms with Crippen LogP contribution in [0.3, 0.4) is 0 Å². The van der Waals surface area contributed by atoms with Crippen molar-refractivity contribution in [3.63, 3.8) is 0 Å². The fourth-order valence-electron chi connectivity index (χ4n) is 2.28. The summed E-state index contributed by atoms with van der Waals surface area (Å²) in [4.78, 5) is 12.2. The zero-order valence-electron chi connectivity index (χ0n) is 14.1. The Bertz CT molecular complexity index is 811. The first-order valence-electron chi connectivity index (χ1n) is 8.10. The number of benzene rings is 2. The summed E-state index contributed by atoms with van der Waals surface area (Å²) in [5.74, 6) is -0.895. The van der Waals surface area contributed by atoms with Gasteiger partial charge >= 0.3 is 0 Å². The minimum absolute atomic E-state index is 0.0646. The largest absolute Gasteiger partial charge is 0.396 e. The van der Waals surface area contributed by atoms with Crippen molar-refractivity contribution >= 4 is 15.9 Å². The second-order valence-corrected chi connectivity index (χ2v) is 7.58. The van der Waals surface area contributed by atoms with Gasteiger partial charge in [-0.1, -0.05) is 30.3 Å². The van der Waals surface area contributed by atoms with Crippen molar-refractivity contribution in [2.24, 2.45) is 0 Å². The number of hydrogen-bond donors (Lipinski definition) is 2. The van der Waals surface area contributed by atoms with E-state index in [4.69, 9.17) is 5.11 Å². The van der Waals surface area contributed by atoms with E-state index in [1.165, 1.54) is 36.4 Å². The highest BCUT2D eigenvalue weighted by Crippen LogP contribution is 2.18. The van der Waals surface area contributed by atoms with E-state index in [9.17, 15) is 17.6 Å². The van der Waals surface area contributed by atoms with E-state index in [1.807, 2.05) is 0 Å². The van der Waals surface area contributed by atoms with Gasteiger partial charge in [-0.15, -0.1) is 0 Å². The highest BCUT2D eigenvalue weighted by molar-refractivity contribution is 7.89.